The Morgan fingerprint density at radius 3 is 2.15 bits per heavy atom. The molecule has 0 aliphatic heterocycles. The van der Waals surface area contributed by atoms with Gasteiger partial charge in [0.1, 0.15) is 11.6 Å². The minimum Gasteiger partial charge on any atom is -0.300 e. The van der Waals surface area contributed by atoms with Gasteiger partial charge in [0.05, 0.1) is 12.1 Å². The molecule has 0 amide bonds. The van der Waals surface area contributed by atoms with Crippen molar-refractivity contribution >= 4 is 5.78 Å². The van der Waals surface area contributed by atoms with Crippen molar-refractivity contribution in [2.24, 2.45) is 0 Å². The van der Waals surface area contributed by atoms with E-state index in [1.54, 1.807) is 6.92 Å². The van der Waals surface area contributed by atoms with Gasteiger partial charge in [-0.3, -0.25) is 4.79 Å². The number of hydrogen-bond donors (Lipinski definition) is 0. The van der Waals surface area contributed by atoms with Crippen LogP contribution in [0, 0.1) is 27.7 Å². The third-order valence-electron chi connectivity index (χ3n) is 3.24. The third kappa shape index (κ3) is 3.10. The number of Topliss-reactive ketones (excluding diaryl/α,β-unsaturated/α-hetero) is 1. The molecular formula is C17H20N2O. The Labute approximate surface area is 120 Å². The van der Waals surface area contributed by atoms with E-state index in [0.717, 1.165) is 17.0 Å². The smallest absolute Gasteiger partial charge is 0.137 e. The highest BCUT2D eigenvalue weighted by atomic mass is 16.1. The lowest BCUT2D eigenvalue weighted by atomic mass is 9.97. The second-order valence-corrected chi connectivity index (χ2v) is 5.46. The predicted molar refractivity (Wildman–Crippen MR) is 80.8 cm³/mol. The van der Waals surface area contributed by atoms with Crippen molar-refractivity contribution in [3.05, 3.63) is 46.4 Å². The van der Waals surface area contributed by atoms with Crippen molar-refractivity contribution in [1.29, 1.82) is 0 Å². The van der Waals surface area contributed by atoms with Gasteiger partial charge in [-0.15, -0.1) is 0 Å². The molecule has 20 heavy (non-hydrogen) atoms. The summed E-state index contributed by atoms with van der Waals surface area (Å²) in [6.45, 7) is 9.78. The predicted octanol–water partition coefficient (Wildman–Crippen LogP) is 3.51. The molecule has 1 aromatic heterocycles. The molecule has 2 rings (SSSR count). The number of nitrogens with zero attached hydrogens (tertiary/aromatic N) is 2. The summed E-state index contributed by atoms with van der Waals surface area (Å²) in [6.07, 6.45) is 0.290. The lowest BCUT2D eigenvalue weighted by Gasteiger charge is -2.12. The quantitative estimate of drug-likeness (QED) is 0.855. The van der Waals surface area contributed by atoms with Crippen LogP contribution in [-0.2, 0) is 11.2 Å². The molecule has 0 aliphatic rings. The lowest BCUT2D eigenvalue weighted by molar-refractivity contribution is -0.116. The molecule has 0 saturated heterocycles. The maximum atomic E-state index is 11.3. The van der Waals surface area contributed by atoms with E-state index in [4.69, 9.17) is 0 Å². The number of ketones is 1. The van der Waals surface area contributed by atoms with E-state index in [0.29, 0.717) is 12.2 Å². The Bertz CT molecular complexity index is 652. The van der Waals surface area contributed by atoms with E-state index in [9.17, 15) is 4.79 Å². The molecule has 0 atom stereocenters. The van der Waals surface area contributed by atoms with Crippen molar-refractivity contribution < 1.29 is 4.79 Å². The van der Waals surface area contributed by atoms with Crippen molar-refractivity contribution in [3.8, 4) is 11.3 Å². The highest BCUT2D eigenvalue weighted by molar-refractivity contribution is 5.77. The summed E-state index contributed by atoms with van der Waals surface area (Å²) in [7, 11) is 0. The lowest BCUT2D eigenvalue weighted by Crippen LogP contribution is -2.05. The molecule has 2 aromatic rings. The first-order valence-corrected chi connectivity index (χ1v) is 6.79. The number of benzene rings is 1. The topological polar surface area (TPSA) is 42.9 Å². The summed E-state index contributed by atoms with van der Waals surface area (Å²) in [5.74, 6) is 0.686. The van der Waals surface area contributed by atoms with E-state index in [1.165, 1.54) is 16.7 Å². The minimum absolute atomic E-state index is 0.0823. The van der Waals surface area contributed by atoms with Crippen LogP contribution >= 0.6 is 0 Å². The SMILES string of the molecule is CC(=O)Cc1nc(C)cc(-c2c(C)cc(C)cc2C)n1. The molecular weight excluding hydrogens is 248 g/mol. The molecule has 104 valence electrons. The Hall–Kier alpha value is -2.03. The van der Waals surface area contributed by atoms with E-state index in [1.807, 2.05) is 13.0 Å². The van der Waals surface area contributed by atoms with Gasteiger partial charge in [0.25, 0.3) is 0 Å². The molecule has 0 bridgehead atoms. The third-order valence-corrected chi connectivity index (χ3v) is 3.24. The molecule has 0 unspecified atom stereocenters. The summed E-state index contributed by atoms with van der Waals surface area (Å²) in [5.41, 5.74) is 6.60. The molecule has 1 heterocycles. The van der Waals surface area contributed by atoms with Crippen LogP contribution in [0.25, 0.3) is 11.3 Å². The zero-order valence-electron chi connectivity index (χ0n) is 12.7. The zero-order valence-corrected chi connectivity index (χ0v) is 12.7. The van der Waals surface area contributed by atoms with Crippen LogP contribution < -0.4 is 0 Å². The van der Waals surface area contributed by atoms with E-state index < -0.39 is 0 Å². The Morgan fingerprint density at radius 1 is 1.00 bits per heavy atom. The average molecular weight is 268 g/mol. The van der Waals surface area contributed by atoms with Gasteiger partial charge in [0.2, 0.25) is 0 Å². The van der Waals surface area contributed by atoms with Gasteiger partial charge in [-0.2, -0.15) is 0 Å². The molecule has 0 N–H and O–H groups in total. The fourth-order valence-electron chi connectivity index (χ4n) is 2.64. The van der Waals surface area contributed by atoms with Gasteiger partial charge in [0.15, 0.2) is 0 Å². The van der Waals surface area contributed by atoms with Crippen LogP contribution in [0.4, 0.5) is 0 Å². The molecule has 3 heteroatoms. The standard InChI is InChI=1S/C17H20N2O/c1-10-6-11(2)17(12(3)7-10)15-8-13(4)18-16(19-15)9-14(5)20/h6-8H,9H2,1-5H3. The summed E-state index contributed by atoms with van der Waals surface area (Å²) < 4.78 is 0. The second kappa shape index (κ2) is 5.53. The molecule has 0 spiro atoms. The Morgan fingerprint density at radius 2 is 1.60 bits per heavy atom. The summed E-state index contributed by atoms with van der Waals surface area (Å²) >= 11 is 0. The van der Waals surface area contributed by atoms with E-state index >= 15 is 0 Å². The highest BCUT2D eigenvalue weighted by Gasteiger charge is 2.11. The molecule has 0 saturated carbocycles. The number of hydrogen-bond acceptors (Lipinski definition) is 3. The van der Waals surface area contributed by atoms with Crippen molar-refractivity contribution in [3.63, 3.8) is 0 Å². The molecule has 0 aliphatic carbocycles. The minimum atomic E-state index is 0.0823. The maximum Gasteiger partial charge on any atom is 0.137 e. The van der Waals surface area contributed by atoms with Gasteiger partial charge < -0.3 is 0 Å². The van der Waals surface area contributed by atoms with Crippen LogP contribution in [0.1, 0.15) is 35.1 Å². The van der Waals surface area contributed by atoms with Gasteiger partial charge in [0, 0.05) is 11.3 Å². The average Bonchev–Trinajstić information content (AvgIpc) is 2.25. The zero-order chi connectivity index (χ0) is 14.9. The fraction of sp³-hybridized carbons (Fsp3) is 0.353. The normalized spacial score (nSPS) is 10.7. The number of aryl methyl sites for hydroxylation is 4. The largest absolute Gasteiger partial charge is 0.300 e. The molecule has 1 aromatic carbocycles. The van der Waals surface area contributed by atoms with Crippen LogP contribution in [0.15, 0.2) is 18.2 Å². The molecule has 0 radical (unpaired) electrons. The monoisotopic (exact) mass is 268 g/mol. The maximum absolute atomic E-state index is 11.3. The van der Waals surface area contributed by atoms with Gasteiger partial charge in [-0.25, -0.2) is 9.97 Å². The van der Waals surface area contributed by atoms with Gasteiger partial charge >= 0.3 is 0 Å². The van der Waals surface area contributed by atoms with Crippen LogP contribution in [0.3, 0.4) is 0 Å². The number of aromatic nitrogens is 2. The first-order valence-electron chi connectivity index (χ1n) is 6.79. The number of carbonyl (C=O) groups excluding carboxylic acids is 1. The highest BCUT2D eigenvalue weighted by Crippen LogP contribution is 2.27. The first-order chi connectivity index (χ1) is 9.36. The van der Waals surface area contributed by atoms with Gasteiger partial charge in [-0.05, 0) is 51.8 Å². The van der Waals surface area contributed by atoms with Crippen molar-refractivity contribution in [2.75, 3.05) is 0 Å². The van der Waals surface area contributed by atoms with Gasteiger partial charge in [-0.1, -0.05) is 17.7 Å². The summed E-state index contributed by atoms with van der Waals surface area (Å²) in [5, 5.41) is 0. The Balaban J connectivity index is 2.58. The van der Waals surface area contributed by atoms with Crippen LogP contribution in [0.5, 0.6) is 0 Å². The molecule has 3 nitrogen and oxygen atoms in total. The van der Waals surface area contributed by atoms with E-state index in [2.05, 4.69) is 42.9 Å². The molecule has 0 fully saturated rings. The Kier molecular flexibility index (Phi) is 3.98. The first kappa shape index (κ1) is 14.4. The fourth-order valence-corrected chi connectivity index (χ4v) is 2.64. The van der Waals surface area contributed by atoms with E-state index in [-0.39, 0.29) is 5.78 Å². The van der Waals surface area contributed by atoms with Crippen LogP contribution in [0.2, 0.25) is 0 Å². The number of carbonyl (C=O) groups is 1. The number of rotatable bonds is 3. The van der Waals surface area contributed by atoms with Crippen molar-refractivity contribution in [1.82, 2.24) is 9.97 Å². The second-order valence-electron chi connectivity index (χ2n) is 5.46. The van der Waals surface area contributed by atoms with Crippen LogP contribution in [-0.4, -0.2) is 15.8 Å². The summed E-state index contributed by atoms with van der Waals surface area (Å²) in [6, 6.07) is 6.29. The van der Waals surface area contributed by atoms with Crippen molar-refractivity contribution in [2.45, 2.75) is 41.0 Å². The summed E-state index contributed by atoms with van der Waals surface area (Å²) in [4.78, 5) is 20.2.